The minimum atomic E-state index is -0.608. The lowest BCUT2D eigenvalue weighted by atomic mass is 9.97. The van der Waals surface area contributed by atoms with Crippen LogP contribution in [0, 0.1) is 0 Å². The van der Waals surface area contributed by atoms with Gasteiger partial charge in [-0.15, -0.1) is 12.4 Å². The van der Waals surface area contributed by atoms with E-state index in [0.29, 0.717) is 6.54 Å². The Kier molecular flexibility index (Phi) is 5.17. The molecule has 1 saturated carbocycles. The highest BCUT2D eigenvalue weighted by Gasteiger charge is 2.38. The van der Waals surface area contributed by atoms with Crippen LogP contribution in [0.1, 0.15) is 31.2 Å². The fourth-order valence-electron chi connectivity index (χ4n) is 2.53. The Morgan fingerprint density at radius 3 is 2.39 bits per heavy atom. The summed E-state index contributed by atoms with van der Waals surface area (Å²) in [6.07, 6.45) is 3.79. The number of likely N-dealkylation sites (N-methyl/N-ethyl adjacent to an activating group) is 1. The number of nitrogens with two attached hydrogens (primary N) is 1. The second-order valence-corrected chi connectivity index (χ2v) is 5.01. The minimum Gasteiger partial charge on any atom is -0.340 e. The predicted octanol–water partition coefficient (Wildman–Crippen LogP) is 2.34. The maximum absolute atomic E-state index is 12.3. The molecule has 0 unspecified atom stereocenters. The molecule has 0 atom stereocenters. The molecule has 1 amide bonds. The average molecular weight is 269 g/mol. The third-order valence-electron chi connectivity index (χ3n) is 3.53. The number of hydrogen-bond donors (Lipinski definition) is 1. The molecule has 1 aromatic carbocycles. The number of carbonyl (C=O) groups is 1. The highest BCUT2D eigenvalue weighted by atomic mass is 35.5. The molecule has 0 bridgehead atoms. The van der Waals surface area contributed by atoms with E-state index in [1.807, 2.05) is 37.4 Å². The normalized spacial score (nSPS) is 17.0. The maximum Gasteiger partial charge on any atom is 0.242 e. The monoisotopic (exact) mass is 268 g/mol. The van der Waals surface area contributed by atoms with E-state index >= 15 is 0 Å². The molecule has 1 aliphatic carbocycles. The lowest BCUT2D eigenvalue weighted by Crippen LogP contribution is -2.52. The number of benzene rings is 1. The average Bonchev–Trinajstić information content (AvgIpc) is 2.78. The Hall–Kier alpha value is -1.06. The predicted molar refractivity (Wildman–Crippen MR) is 75.6 cm³/mol. The van der Waals surface area contributed by atoms with Crippen LogP contribution in [-0.2, 0) is 11.3 Å². The number of amides is 1. The Bertz CT molecular complexity index is 388. The summed E-state index contributed by atoms with van der Waals surface area (Å²) in [7, 11) is 1.84. The highest BCUT2D eigenvalue weighted by Crippen LogP contribution is 2.29. The first-order valence-corrected chi connectivity index (χ1v) is 6.20. The van der Waals surface area contributed by atoms with Crippen LogP contribution < -0.4 is 5.73 Å². The number of halogens is 1. The van der Waals surface area contributed by atoms with Crippen molar-refractivity contribution in [1.29, 1.82) is 0 Å². The zero-order chi connectivity index (χ0) is 12.3. The van der Waals surface area contributed by atoms with Gasteiger partial charge in [0.2, 0.25) is 5.91 Å². The lowest BCUT2D eigenvalue weighted by molar-refractivity contribution is -0.136. The molecule has 1 aromatic rings. The fraction of sp³-hybridized carbons (Fsp3) is 0.500. The Balaban J connectivity index is 0.00000162. The number of carbonyl (C=O) groups excluding carboxylic acids is 1. The summed E-state index contributed by atoms with van der Waals surface area (Å²) in [5, 5.41) is 0. The van der Waals surface area contributed by atoms with Crippen LogP contribution in [0.5, 0.6) is 0 Å². The first-order chi connectivity index (χ1) is 8.12. The van der Waals surface area contributed by atoms with E-state index < -0.39 is 5.54 Å². The van der Waals surface area contributed by atoms with Crippen LogP contribution in [0.25, 0.3) is 0 Å². The van der Waals surface area contributed by atoms with E-state index in [9.17, 15) is 4.79 Å². The van der Waals surface area contributed by atoms with E-state index in [1.54, 1.807) is 4.90 Å². The highest BCUT2D eigenvalue weighted by molar-refractivity contribution is 5.86. The zero-order valence-electron chi connectivity index (χ0n) is 10.8. The molecule has 0 spiro atoms. The minimum absolute atomic E-state index is 0. The lowest BCUT2D eigenvalue weighted by Gasteiger charge is -2.28. The SMILES string of the molecule is CN(Cc1ccccc1)C(=O)C1(N)CCCC1.Cl. The van der Waals surface area contributed by atoms with E-state index in [1.165, 1.54) is 0 Å². The van der Waals surface area contributed by atoms with Gasteiger partial charge >= 0.3 is 0 Å². The molecule has 3 nitrogen and oxygen atoms in total. The van der Waals surface area contributed by atoms with Crippen LogP contribution in [0.2, 0.25) is 0 Å². The van der Waals surface area contributed by atoms with Crippen LogP contribution in [-0.4, -0.2) is 23.4 Å². The molecule has 0 aromatic heterocycles. The van der Waals surface area contributed by atoms with E-state index in [-0.39, 0.29) is 18.3 Å². The van der Waals surface area contributed by atoms with Crippen LogP contribution in [0.3, 0.4) is 0 Å². The first kappa shape index (κ1) is 15.0. The van der Waals surface area contributed by atoms with Crippen molar-refractivity contribution in [2.75, 3.05) is 7.05 Å². The summed E-state index contributed by atoms with van der Waals surface area (Å²) in [4.78, 5) is 14.0. The second-order valence-electron chi connectivity index (χ2n) is 5.01. The van der Waals surface area contributed by atoms with Gasteiger partial charge in [0.15, 0.2) is 0 Å². The standard InChI is InChI=1S/C14H20N2O.ClH/c1-16(11-12-7-3-2-4-8-12)13(17)14(15)9-5-6-10-14;/h2-4,7-8H,5-6,9-11,15H2,1H3;1H. The number of hydrogen-bond acceptors (Lipinski definition) is 2. The molecule has 100 valence electrons. The van der Waals surface area contributed by atoms with Crippen molar-refractivity contribution in [2.45, 2.75) is 37.8 Å². The van der Waals surface area contributed by atoms with Gasteiger partial charge in [-0.2, -0.15) is 0 Å². The third kappa shape index (κ3) is 3.24. The molecule has 0 heterocycles. The third-order valence-corrected chi connectivity index (χ3v) is 3.53. The smallest absolute Gasteiger partial charge is 0.242 e. The summed E-state index contributed by atoms with van der Waals surface area (Å²) >= 11 is 0. The molecular weight excluding hydrogens is 248 g/mol. The van der Waals surface area contributed by atoms with Crippen LogP contribution >= 0.6 is 12.4 Å². The Labute approximate surface area is 115 Å². The van der Waals surface area contributed by atoms with Crippen molar-refractivity contribution in [3.05, 3.63) is 35.9 Å². The topological polar surface area (TPSA) is 46.3 Å². The largest absolute Gasteiger partial charge is 0.340 e. The molecule has 1 fully saturated rings. The molecule has 18 heavy (non-hydrogen) atoms. The summed E-state index contributed by atoms with van der Waals surface area (Å²) in [5.41, 5.74) is 6.70. The van der Waals surface area contributed by atoms with Gasteiger partial charge in [0.25, 0.3) is 0 Å². The van der Waals surface area contributed by atoms with Crippen molar-refractivity contribution in [2.24, 2.45) is 5.73 Å². The van der Waals surface area contributed by atoms with Gasteiger partial charge in [0.05, 0.1) is 5.54 Å². The van der Waals surface area contributed by atoms with Gasteiger partial charge in [-0.3, -0.25) is 4.79 Å². The molecule has 0 aliphatic heterocycles. The molecule has 0 radical (unpaired) electrons. The summed E-state index contributed by atoms with van der Waals surface area (Å²) in [5.74, 6) is 0.0823. The molecule has 2 N–H and O–H groups in total. The maximum atomic E-state index is 12.3. The summed E-state index contributed by atoms with van der Waals surface area (Å²) < 4.78 is 0. The fourth-order valence-corrected chi connectivity index (χ4v) is 2.53. The van der Waals surface area contributed by atoms with Crippen molar-refractivity contribution in [3.8, 4) is 0 Å². The van der Waals surface area contributed by atoms with Gasteiger partial charge in [0.1, 0.15) is 0 Å². The molecule has 2 rings (SSSR count). The number of nitrogens with zero attached hydrogens (tertiary/aromatic N) is 1. The summed E-state index contributed by atoms with van der Waals surface area (Å²) in [6, 6.07) is 10.0. The Morgan fingerprint density at radius 1 is 1.28 bits per heavy atom. The summed E-state index contributed by atoms with van der Waals surface area (Å²) in [6.45, 7) is 0.638. The van der Waals surface area contributed by atoms with E-state index in [2.05, 4.69) is 0 Å². The number of rotatable bonds is 3. The second kappa shape index (κ2) is 6.21. The molecule has 1 aliphatic rings. The van der Waals surface area contributed by atoms with Crippen LogP contribution in [0.15, 0.2) is 30.3 Å². The van der Waals surface area contributed by atoms with E-state index in [4.69, 9.17) is 5.73 Å². The van der Waals surface area contributed by atoms with Gasteiger partial charge in [-0.25, -0.2) is 0 Å². The van der Waals surface area contributed by atoms with Gasteiger partial charge in [-0.05, 0) is 18.4 Å². The Morgan fingerprint density at radius 2 is 1.83 bits per heavy atom. The van der Waals surface area contributed by atoms with Gasteiger partial charge in [-0.1, -0.05) is 43.2 Å². The molecular formula is C14H21ClN2O. The van der Waals surface area contributed by atoms with Crippen molar-refractivity contribution in [3.63, 3.8) is 0 Å². The van der Waals surface area contributed by atoms with Crippen molar-refractivity contribution in [1.82, 2.24) is 4.90 Å². The van der Waals surface area contributed by atoms with Gasteiger partial charge < -0.3 is 10.6 Å². The van der Waals surface area contributed by atoms with Gasteiger partial charge in [0, 0.05) is 13.6 Å². The van der Waals surface area contributed by atoms with Crippen molar-refractivity contribution >= 4 is 18.3 Å². The quantitative estimate of drug-likeness (QED) is 0.915. The molecule has 0 saturated heterocycles. The van der Waals surface area contributed by atoms with E-state index in [0.717, 1.165) is 31.2 Å². The first-order valence-electron chi connectivity index (χ1n) is 6.20. The molecule has 4 heteroatoms. The van der Waals surface area contributed by atoms with Crippen molar-refractivity contribution < 1.29 is 4.79 Å². The zero-order valence-corrected chi connectivity index (χ0v) is 11.6. The van der Waals surface area contributed by atoms with Crippen LogP contribution in [0.4, 0.5) is 0 Å².